The maximum atomic E-state index is 2.70. The van der Waals surface area contributed by atoms with Gasteiger partial charge in [0.2, 0.25) is 17.4 Å². The molecule has 3 aromatic heterocycles. The topological polar surface area (TPSA) is 8.29 Å². The van der Waals surface area contributed by atoms with Crippen molar-refractivity contribution in [3.63, 3.8) is 0 Å². The van der Waals surface area contributed by atoms with E-state index in [0.29, 0.717) is 0 Å². The predicted octanol–water partition coefficient (Wildman–Crippen LogP) is 18.1. The van der Waals surface area contributed by atoms with Gasteiger partial charge in [-0.3, -0.25) is 0 Å². The molecule has 1 unspecified atom stereocenters. The number of benzene rings is 8. The molecular weight excluding hydrogens is 845 g/mol. The summed E-state index contributed by atoms with van der Waals surface area (Å²) in [6.45, 7) is 28.3. The second kappa shape index (κ2) is 14.3. The normalized spacial score (nSPS) is 14.7. The first-order valence-corrected chi connectivity index (χ1v) is 25.5. The Kier molecular flexibility index (Phi) is 8.78. The van der Waals surface area contributed by atoms with E-state index in [1.54, 1.807) is 0 Å². The molecule has 2 aliphatic rings. The molecule has 0 radical (unpaired) electrons. The lowest BCUT2D eigenvalue weighted by atomic mass is 9.80. The Morgan fingerprint density at radius 1 is 0.371 bits per heavy atom. The van der Waals surface area contributed by atoms with Crippen LogP contribution in [0, 0.1) is 0 Å². The lowest BCUT2D eigenvalue weighted by Gasteiger charge is -2.21. The van der Waals surface area contributed by atoms with Crippen LogP contribution >= 0.6 is 0 Å². The van der Waals surface area contributed by atoms with Crippen LogP contribution in [-0.2, 0) is 21.7 Å². The number of fused-ring (bicyclic) bond motifs is 13. The molecular formula is C68H63N2+. The molecule has 0 fully saturated rings. The molecule has 1 atom stereocenters. The number of rotatable bonds is 3. The summed E-state index contributed by atoms with van der Waals surface area (Å²) in [7, 11) is 0. The summed E-state index contributed by atoms with van der Waals surface area (Å²) in [6.07, 6.45) is 0. The fraction of sp³-hybridized carbons (Fsp3) is 0.250. The minimum Gasteiger partial charge on any atom is -0.308 e. The highest BCUT2D eigenvalue weighted by Gasteiger charge is 2.50. The molecule has 0 spiro atoms. The Balaban J connectivity index is 1.15. The van der Waals surface area contributed by atoms with Crippen LogP contribution in [0.2, 0.25) is 0 Å². The molecule has 0 bridgehead atoms. The van der Waals surface area contributed by atoms with Crippen LogP contribution in [0.5, 0.6) is 0 Å². The van der Waals surface area contributed by atoms with Crippen molar-refractivity contribution in [1.29, 1.82) is 0 Å². The van der Waals surface area contributed by atoms with Gasteiger partial charge in [0.15, 0.2) is 0 Å². The molecule has 2 aliphatic heterocycles. The summed E-state index contributed by atoms with van der Waals surface area (Å²) in [5.74, 6) is 0. The molecule has 8 aromatic carbocycles. The van der Waals surface area contributed by atoms with Gasteiger partial charge < -0.3 is 4.40 Å². The molecule has 0 saturated carbocycles. The number of hydrogen-bond acceptors (Lipinski definition) is 0. The zero-order chi connectivity index (χ0) is 48.6. The van der Waals surface area contributed by atoms with Crippen molar-refractivity contribution >= 4 is 48.9 Å². The van der Waals surface area contributed by atoms with Crippen LogP contribution < -0.4 is 4.57 Å². The minimum absolute atomic E-state index is 0.0265. The summed E-state index contributed by atoms with van der Waals surface area (Å²) in [4.78, 5) is 0. The van der Waals surface area contributed by atoms with E-state index in [0.717, 1.165) is 0 Å². The van der Waals surface area contributed by atoms with Crippen molar-refractivity contribution in [3.05, 3.63) is 191 Å². The van der Waals surface area contributed by atoms with Gasteiger partial charge in [0.1, 0.15) is 0 Å². The monoisotopic (exact) mass is 907 g/mol. The first-order valence-electron chi connectivity index (χ1n) is 25.5. The zero-order valence-electron chi connectivity index (χ0n) is 43.0. The van der Waals surface area contributed by atoms with Crippen molar-refractivity contribution in [2.24, 2.45) is 0 Å². The van der Waals surface area contributed by atoms with E-state index < -0.39 is 0 Å². The second-order valence-electron chi connectivity index (χ2n) is 24.8. The van der Waals surface area contributed by atoms with Crippen LogP contribution in [0.25, 0.3) is 105 Å². The first-order chi connectivity index (χ1) is 33.3. The summed E-state index contributed by atoms with van der Waals surface area (Å²) in [5, 5.41) is 7.92. The van der Waals surface area contributed by atoms with Gasteiger partial charge >= 0.3 is 0 Å². The molecule has 70 heavy (non-hydrogen) atoms. The van der Waals surface area contributed by atoms with Gasteiger partial charge in [-0.25, -0.2) is 0 Å². The Labute approximate surface area is 413 Å². The number of aromatic nitrogens is 2. The Morgan fingerprint density at radius 3 is 1.51 bits per heavy atom. The fourth-order valence-corrected chi connectivity index (χ4v) is 12.3. The first kappa shape index (κ1) is 43.0. The van der Waals surface area contributed by atoms with Crippen molar-refractivity contribution in [3.8, 4) is 55.9 Å². The van der Waals surface area contributed by atoms with Gasteiger partial charge in [0.25, 0.3) is 0 Å². The summed E-state index contributed by atoms with van der Waals surface area (Å²) >= 11 is 0. The second-order valence-corrected chi connectivity index (χ2v) is 24.8. The van der Waals surface area contributed by atoms with Gasteiger partial charge in [0, 0.05) is 50.4 Å². The zero-order valence-corrected chi connectivity index (χ0v) is 43.0. The maximum absolute atomic E-state index is 2.70. The molecule has 5 heterocycles. The van der Waals surface area contributed by atoms with Crippen molar-refractivity contribution in [2.45, 2.75) is 111 Å². The molecule has 0 amide bonds. The van der Waals surface area contributed by atoms with Crippen molar-refractivity contribution in [2.75, 3.05) is 0 Å². The van der Waals surface area contributed by atoms with Gasteiger partial charge in [-0.2, -0.15) is 4.57 Å². The Bertz CT molecular complexity index is 4000. The smallest absolute Gasteiger partial charge is 0.214 e. The average Bonchev–Trinajstić information content (AvgIpc) is 4.05. The van der Waals surface area contributed by atoms with Gasteiger partial charge in [-0.15, -0.1) is 0 Å². The van der Waals surface area contributed by atoms with Crippen LogP contribution in [0.1, 0.15) is 123 Å². The van der Waals surface area contributed by atoms with E-state index in [2.05, 4.69) is 250 Å². The third-order valence-corrected chi connectivity index (χ3v) is 16.2. The molecule has 11 aromatic rings. The van der Waals surface area contributed by atoms with E-state index in [1.165, 1.54) is 138 Å². The molecule has 2 heteroatoms. The van der Waals surface area contributed by atoms with E-state index in [-0.39, 0.29) is 27.7 Å². The summed E-state index contributed by atoms with van der Waals surface area (Å²) in [5.41, 5.74) is 25.1. The molecule has 0 saturated heterocycles. The molecule has 0 aliphatic carbocycles. The third-order valence-electron chi connectivity index (χ3n) is 16.2. The fourth-order valence-electron chi connectivity index (χ4n) is 12.3. The molecule has 2 nitrogen and oxygen atoms in total. The van der Waals surface area contributed by atoms with Crippen LogP contribution in [0.4, 0.5) is 0 Å². The Morgan fingerprint density at radius 2 is 0.886 bits per heavy atom. The highest BCUT2D eigenvalue weighted by Crippen LogP contribution is 2.56. The van der Waals surface area contributed by atoms with Crippen LogP contribution in [0.15, 0.2) is 158 Å². The van der Waals surface area contributed by atoms with Gasteiger partial charge in [-0.05, 0) is 119 Å². The number of pyridine rings is 1. The number of nitrogens with zero attached hydrogens (tertiary/aromatic N) is 2. The van der Waals surface area contributed by atoms with Crippen LogP contribution in [-0.4, -0.2) is 4.40 Å². The van der Waals surface area contributed by atoms with Crippen molar-refractivity contribution < 1.29 is 4.57 Å². The van der Waals surface area contributed by atoms with Gasteiger partial charge in [-0.1, -0.05) is 192 Å². The molecule has 344 valence electrons. The summed E-state index contributed by atoms with van der Waals surface area (Å²) < 4.78 is 5.34. The molecule has 13 rings (SSSR count). The van der Waals surface area contributed by atoms with Crippen molar-refractivity contribution in [1.82, 2.24) is 4.40 Å². The standard InChI is InChI=1S/C68H63N2/c1-65(2,3)42-26-28-50-51(32-42)57-36-45(68(10,11)12)37-58-54-38-59-61(55-35-44(67(7,8)9)34-53-52-33-43(66(4,5)6)27-31-56(52)69(59)63(53)55)60(62(54)64(50)70(57)58)41-24-22-40(23-25-41)47-30-29-46(39-18-14-13-15-19-39)48-20-16-17-21-49(47)48/h13-38,64H,1-12H3/q+1. The van der Waals surface area contributed by atoms with Gasteiger partial charge in [0.05, 0.1) is 27.7 Å². The van der Waals surface area contributed by atoms with E-state index in [4.69, 9.17) is 0 Å². The predicted molar refractivity (Wildman–Crippen MR) is 298 cm³/mol. The van der Waals surface area contributed by atoms with Crippen LogP contribution in [0.3, 0.4) is 0 Å². The van der Waals surface area contributed by atoms with E-state index >= 15 is 0 Å². The highest BCUT2D eigenvalue weighted by molar-refractivity contribution is 6.27. The maximum Gasteiger partial charge on any atom is 0.214 e. The molecule has 0 N–H and O–H groups in total. The SMILES string of the molecule is CC(C)(C)c1ccc2c(c1)-c1cc(C(C)(C)C)cc3[n+]1C2c1c-3cc2c(c1-c1ccc(-c3ccc(-c4ccccc4)c4ccccc34)cc1)c1cc(C(C)(C)C)cc3c4cc(C(C)(C)C)ccc4n2c31. The summed E-state index contributed by atoms with van der Waals surface area (Å²) in [6, 6.07) is 61.4. The lowest BCUT2D eigenvalue weighted by Crippen LogP contribution is -2.37. The third kappa shape index (κ3) is 6.14. The number of hydrogen-bond donors (Lipinski definition) is 0. The Hall–Kier alpha value is -7.03. The van der Waals surface area contributed by atoms with E-state index in [9.17, 15) is 0 Å². The largest absolute Gasteiger partial charge is 0.308 e. The van der Waals surface area contributed by atoms with E-state index in [1.807, 2.05) is 0 Å². The quantitative estimate of drug-likeness (QED) is 0.156. The minimum atomic E-state index is -0.0552. The lowest BCUT2D eigenvalue weighted by molar-refractivity contribution is -0.672. The highest BCUT2D eigenvalue weighted by atomic mass is 15.1. The average molecular weight is 908 g/mol.